The highest BCUT2D eigenvalue weighted by molar-refractivity contribution is 5.99. The van der Waals surface area contributed by atoms with Gasteiger partial charge >= 0.3 is 6.03 Å². The zero-order valence-corrected chi connectivity index (χ0v) is 20.9. The number of amides is 2. The minimum Gasteiger partial charge on any atom is -0.378 e. The fourth-order valence-corrected chi connectivity index (χ4v) is 4.34. The first-order valence-corrected chi connectivity index (χ1v) is 12.1. The number of morpholine rings is 1. The van der Waals surface area contributed by atoms with Gasteiger partial charge in [-0.2, -0.15) is 0 Å². The molecular formula is C27H31N7O2. The molecule has 0 saturated carbocycles. The lowest BCUT2D eigenvalue weighted by atomic mass is 10.2. The van der Waals surface area contributed by atoms with Crippen LogP contribution < -0.4 is 15.5 Å². The van der Waals surface area contributed by atoms with Crippen molar-refractivity contribution in [3.63, 3.8) is 0 Å². The molecule has 1 saturated heterocycles. The quantitative estimate of drug-likeness (QED) is 0.425. The summed E-state index contributed by atoms with van der Waals surface area (Å²) in [6.07, 6.45) is 2.07. The molecule has 186 valence electrons. The number of fused-ring (bicyclic) bond motifs is 1. The number of carbonyl (C=O) groups is 1. The molecule has 0 unspecified atom stereocenters. The smallest absolute Gasteiger partial charge is 0.323 e. The van der Waals surface area contributed by atoms with Crippen molar-refractivity contribution in [1.29, 1.82) is 0 Å². The van der Waals surface area contributed by atoms with Crippen molar-refractivity contribution < 1.29 is 9.53 Å². The average Bonchev–Trinajstić information content (AvgIpc) is 3.26. The number of aromatic nitrogens is 3. The minimum absolute atomic E-state index is 0.290. The number of hydrogen-bond acceptors (Lipinski definition) is 6. The van der Waals surface area contributed by atoms with E-state index in [1.807, 2.05) is 60.0 Å². The molecule has 0 spiro atoms. The summed E-state index contributed by atoms with van der Waals surface area (Å²) in [5, 5.41) is 10.6. The Labute approximate surface area is 210 Å². The summed E-state index contributed by atoms with van der Waals surface area (Å²) in [5.74, 6) is 1.54. The molecule has 9 nitrogen and oxygen atoms in total. The van der Waals surface area contributed by atoms with E-state index in [1.54, 1.807) is 0 Å². The monoisotopic (exact) mass is 485 g/mol. The van der Waals surface area contributed by atoms with Crippen LogP contribution in [-0.4, -0.2) is 65.9 Å². The molecule has 5 rings (SSSR count). The first kappa shape index (κ1) is 23.8. The Balaban J connectivity index is 1.39. The van der Waals surface area contributed by atoms with Crippen molar-refractivity contribution in [2.45, 2.75) is 13.5 Å². The van der Waals surface area contributed by atoms with Crippen molar-refractivity contribution in [1.82, 2.24) is 19.5 Å². The Morgan fingerprint density at radius 2 is 1.78 bits per heavy atom. The molecule has 2 N–H and O–H groups in total. The Morgan fingerprint density at radius 3 is 2.50 bits per heavy atom. The van der Waals surface area contributed by atoms with Gasteiger partial charge in [-0.15, -0.1) is 5.10 Å². The number of rotatable bonds is 6. The largest absolute Gasteiger partial charge is 0.378 e. The molecule has 4 aromatic rings. The minimum atomic E-state index is -0.290. The molecule has 3 heterocycles. The van der Waals surface area contributed by atoms with E-state index in [-0.39, 0.29) is 6.03 Å². The van der Waals surface area contributed by atoms with E-state index in [4.69, 9.17) is 14.8 Å². The van der Waals surface area contributed by atoms with Crippen molar-refractivity contribution >= 4 is 28.7 Å². The third-order valence-corrected chi connectivity index (χ3v) is 5.99. The predicted octanol–water partition coefficient (Wildman–Crippen LogP) is 4.25. The summed E-state index contributed by atoms with van der Waals surface area (Å²) in [6.45, 7) is 5.76. The lowest BCUT2D eigenvalue weighted by molar-refractivity contribution is 0.122. The fourth-order valence-electron chi connectivity index (χ4n) is 4.34. The van der Waals surface area contributed by atoms with Crippen LogP contribution >= 0.6 is 0 Å². The maximum atomic E-state index is 12.4. The van der Waals surface area contributed by atoms with E-state index in [9.17, 15) is 4.79 Å². The van der Waals surface area contributed by atoms with Gasteiger partial charge < -0.3 is 25.2 Å². The van der Waals surface area contributed by atoms with Gasteiger partial charge in [0, 0.05) is 42.8 Å². The predicted molar refractivity (Wildman–Crippen MR) is 143 cm³/mol. The second-order valence-corrected chi connectivity index (χ2v) is 9.30. The van der Waals surface area contributed by atoms with Gasteiger partial charge in [0.25, 0.3) is 0 Å². The van der Waals surface area contributed by atoms with Crippen LogP contribution in [0.4, 0.5) is 22.0 Å². The second-order valence-electron chi connectivity index (χ2n) is 9.30. The second kappa shape index (κ2) is 10.3. The lowest BCUT2D eigenvalue weighted by Crippen LogP contribution is -2.37. The fraction of sp³-hybridized carbons (Fsp3) is 0.296. The number of anilines is 3. The van der Waals surface area contributed by atoms with Crippen molar-refractivity contribution in [2.24, 2.45) is 0 Å². The third kappa shape index (κ3) is 5.48. The highest BCUT2D eigenvalue weighted by Gasteiger charge is 2.19. The molecule has 36 heavy (non-hydrogen) atoms. The number of urea groups is 1. The topological polar surface area (TPSA) is 87.0 Å². The first-order chi connectivity index (χ1) is 17.4. The van der Waals surface area contributed by atoms with Gasteiger partial charge in [-0.1, -0.05) is 12.1 Å². The number of carbonyl (C=O) groups excluding carboxylic acids is 1. The molecule has 0 radical (unpaired) electrons. The van der Waals surface area contributed by atoms with Gasteiger partial charge in [-0.25, -0.2) is 14.3 Å². The van der Waals surface area contributed by atoms with E-state index in [1.165, 1.54) is 5.56 Å². The van der Waals surface area contributed by atoms with Gasteiger partial charge in [0.15, 0.2) is 11.6 Å². The highest BCUT2D eigenvalue weighted by Crippen LogP contribution is 2.27. The molecule has 1 fully saturated rings. The summed E-state index contributed by atoms with van der Waals surface area (Å²) in [5.41, 5.74) is 5.57. The van der Waals surface area contributed by atoms with Crippen molar-refractivity contribution in [3.8, 4) is 11.4 Å². The number of benzene rings is 2. The molecule has 1 aliphatic rings. The lowest BCUT2D eigenvalue weighted by Gasteiger charge is -2.28. The molecule has 0 atom stereocenters. The van der Waals surface area contributed by atoms with Crippen LogP contribution in [0.1, 0.15) is 11.1 Å². The maximum Gasteiger partial charge on any atom is 0.323 e. The molecular weight excluding hydrogens is 454 g/mol. The van der Waals surface area contributed by atoms with Crippen LogP contribution in [0.2, 0.25) is 0 Å². The zero-order chi connectivity index (χ0) is 25.1. The molecule has 0 aliphatic carbocycles. The van der Waals surface area contributed by atoms with Gasteiger partial charge in [0.2, 0.25) is 0 Å². The SMILES string of the molecule is Cc1cccc(NC(=O)Nc2ccc(-c3nc(N4CCOCC4)c4cc(CN(C)C)cn4n3)cc2)c1. The molecule has 1 aliphatic heterocycles. The normalized spacial score (nSPS) is 13.8. The first-order valence-electron chi connectivity index (χ1n) is 12.1. The van der Waals surface area contributed by atoms with Crippen LogP contribution in [0.25, 0.3) is 16.9 Å². The Hall–Kier alpha value is -3.95. The van der Waals surface area contributed by atoms with Crippen LogP contribution in [0.3, 0.4) is 0 Å². The van der Waals surface area contributed by atoms with Gasteiger partial charge in [0.05, 0.1) is 13.2 Å². The molecule has 2 aromatic carbocycles. The number of aryl methyl sites for hydroxylation is 1. The summed E-state index contributed by atoms with van der Waals surface area (Å²) in [7, 11) is 4.11. The molecule has 2 amide bonds. The number of nitrogens with one attached hydrogen (secondary N) is 2. The number of nitrogens with zero attached hydrogens (tertiary/aromatic N) is 5. The Kier molecular flexibility index (Phi) is 6.84. The molecule has 0 bridgehead atoms. The van der Waals surface area contributed by atoms with E-state index < -0.39 is 0 Å². The number of ether oxygens (including phenoxy) is 1. The van der Waals surface area contributed by atoms with E-state index >= 15 is 0 Å². The van der Waals surface area contributed by atoms with Crippen LogP contribution in [-0.2, 0) is 11.3 Å². The molecule has 9 heteroatoms. The highest BCUT2D eigenvalue weighted by atomic mass is 16.5. The van der Waals surface area contributed by atoms with Gasteiger partial charge in [-0.05, 0) is 74.6 Å². The summed E-state index contributed by atoms with van der Waals surface area (Å²) in [4.78, 5) is 21.8. The average molecular weight is 486 g/mol. The van der Waals surface area contributed by atoms with E-state index in [0.717, 1.165) is 47.8 Å². The summed E-state index contributed by atoms with van der Waals surface area (Å²) >= 11 is 0. The standard InChI is InChI=1S/C27H31N7O2/c1-19-5-4-6-23(15-19)29-27(35)28-22-9-7-21(8-10-22)25-30-26(33-11-13-36-14-12-33)24-16-20(17-32(2)3)18-34(24)31-25/h4-10,15-16,18H,11-14,17H2,1-3H3,(H2,28,29,35). The van der Waals surface area contributed by atoms with E-state index in [0.29, 0.717) is 24.7 Å². The van der Waals surface area contributed by atoms with Gasteiger partial charge in [0.1, 0.15) is 5.52 Å². The summed E-state index contributed by atoms with van der Waals surface area (Å²) in [6, 6.07) is 17.1. The Morgan fingerprint density at radius 1 is 1.03 bits per heavy atom. The van der Waals surface area contributed by atoms with Crippen LogP contribution in [0.15, 0.2) is 60.8 Å². The van der Waals surface area contributed by atoms with Crippen molar-refractivity contribution in [2.75, 3.05) is 55.9 Å². The van der Waals surface area contributed by atoms with Gasteiger partial charge in [-0.3, -0.25) is 0 Å². The zero-order valence-electron chi connectivity index (χ0n) is 20.9. The van der Waals surface area contributed by atoms with Crippen LogP contribution in [0.5, 0.6) is 0 Å². The summed E-state index contributed by atoms with van der Waals surface area (Å²) < 4.78 is 7.48. The molecule has 2 aromatic heterocycles. The van der Waals surface area contributed by atoms with Crippen molar-refractivity contribution in [3.05, 3.63) is 71.9 Å². The third-order valence-electron chi connectivity index (χ3n) is 5.99. The maximum absolute atomic E-state index is 12.4. The van der Waals surface area contributed by atoms with E-state index in [2.05, 4.69) is 46.8 Å². The van der Waals surface area contributed by atoms with Crippen LogP contribution in [0, 0.1) is 6.92 Å². The Bertz CT molecular complexity index is 1360. The number of hydrogen-bond donors (Lipinski definition) is 2.